The standard InChI is InChI=1S/C18H22ClN5O2S/c1-11(17(26)24-9-7-12(8-10-24)15(20)25)27-18-22-21-16(23(18)2)13-5-3-4-6-14(13)19/h3-6,11-12H,7-10H2,1-2H3,(H2,20,25). The van der Waals surface area contributed by atoms with Crippen LogP contribution in [0.2, 0.25) is 5.02 Å². The number of amides is 2. The maximum atomic E-state index is 12.7. The van der Waals surface area contributed by atoms with E-state index in [1.165, 1.54) is 11.8 Å². The first-order chi connectivity index (χ1) is 12.9. The van der Waals surface area contributed by atoms with Gasteiger partial charge >= 0.3 is 0 Å². The van der Waals surface area contributed by atoms with Gasteiger partial charge in [-0.3, -0.25) is 9.59 Å². The molecule has 3 rings (SSSR count). The fraction of sp³-hybridized carbons (Fsp3) is 0.444. The van der Waals surface area contributed by atoms with E-state index >= 15 is 0 Å². The summed E-state index contributed by atoms with van der Waals surface area (Å²) < 4.78 is 1.84. The Morgan fingerprint density at radius 2 is 1.93 bits per heavy atom. The van der Waals surface area contributed by atoms with Crippen LogP contribution in [0.25, 0.3) is 11.4 Å². The highest BCUT2D eigenvalue weighted by Gasteiger charge is 2.29. The van der Waals surface area contributed by atoms with E-state index in [-0.39, 0.29) is 23.0 Å². The van der Waals surface area contributed by atoms with E-state index in [0.29, 0.717) is 41.9 Å². The van der Waals surface area contributed by atoms with Gasteiger partial charge in [-0.25, -0.2) is 0 Å². The number of nitrogens with zero attached hydrogens (tertiary/aromatic N) is 4. The van der Waals surface area contributed by atoms with Gasteiger partial charge in [0.1, 0.15) is 0 Å². The number of hydrogen-bond donors (Lipinski definition) is 1. The van der Waals surface area contributed by atoms with Gasteiger partial charge in [-0.2, -0.15) is 0 Å². The third kappa shape index (κ3) is 4.27. The fourth-order valence-electron chi connectivity index (χ4n) is 3.14. The van der Waals surface area contributed by atoms with Crippen LogP contribution < -0.4 is 5.73 Å². The zero-order chi connectivity index (χ0) is 19.6. The Bertz CT molecular complexity index is 848. The lowest BCUT2D eigenvalue weighted by molar-refractivity contribution is -0.134. The van der Waals surface area contributed by atoms with E-state index < -0.39 is 0 Å². The number of likely N-dealkylation sites (tertiary alicyclic amines) is 1. The molecule has 9 heteroatoms. The molecular formula is C18H22ClN5O2S. The Morgan fingerprint density at radius 1 is 1.26 bits per heavy atom. The first kappa shape index (κ1) is 19.7. The van der Waals surface area contributed by atoms with Crippen LogP contribution in [0.1, 0.15) is 19.8 Å². The third-order valence-corrected chi connectivity index (χ3v) is 6.24. The number of benzene rings is 1. The Hall–Kier alpha value is -2.06. The molecule has 144 valence electrons. The average Bonchev–Trinajstić information content (AvgIpc) is 3.02. The first-order valence-corrected chi connectivity index (χ1v) is 10.0. The topological polar surface area (TPSA) is 94.1 Å². The van der Waals surface area contributed by atoms with E-state index in [4.69, 9.17) is 17.3 Å². The predicted molar refractivity (Wildman–Crippen MR) is 105 cm³/mol. The number of aromatic nitrogens is 3. The predicted octanol–water partition coefficient (Wildman–Crippen LogP) is 2.34. The first-order valence-electron chi connectivity index (χ1n) is 8.77. The monoisotopic (exact) mass is 407 g/mol. The van der Waals surface area contributed by atoms with Crippen LogP contribution in [0.4, 0.5) is 0 Å². The van der Waals surface area contributed by atoms with Crippen molar-refractivity contribution in [3.8, 4) is 11.4 Å². The summed E-state index contributed by atoms with van der Waals surface area (Å²) in [7, 11) is 1.86. The maximum absolute atomic E-state index is 12.7. The zero-order valence-corrected chi connectivity index (χ0v) is 16.8. The van der Waals surface area contributed by atoms with Crippen molar-refractivity contribution in [3.63, 3.8) is 0 Å². The van der Waals surface area contributed by atoms with Crippen molar-refractivity contribution >= 4 is 35.2 Å². The molecule has 0 bridgehead atoms. The van der Waals surface area contributed by atoms with Gasteiger partial charge in [0.05, 0.1) is 10.3 Å². The highest BCUT2D eigenvalue weighted by Crippen LogP contribution is 2.30. The molecule has 0 spiro atoms. The third-order valence-electron chi connectivity index (χ3n) is 4.79. The Kier molecular flexibility index (Phi) is 6.06. The normalized spacial score (nSPS) is 16.3. The van der Waals surface area contributed by atoms with E-state index in [1.54, 1.807) is 11.0 Å². The van der Waals surface area contributed by atoms with Crippen molar-refractivity contribution in [2.24, 2.45) is 18.7 Å². The number of carbonyl (C=O) groups excluding carboxylic acids is 2. The van der Waals surface area contributed by atoms with Crippen molar-refractivity contribution < 1.29 is 9.59 Å². The number of hydrogen-bond acceptors (Lipinski definition) is 5. The van der Waals surface area contributed by atoms with Gasteiger partial charge < -0.3 is 15.2 Å². The van der Waals surface area contributed by atoms with Crippen molar-refractivity contribution in [1.29, 1.82) is 0 Å². The fourth-order valence-corrected chi connectivity index (χ4v) is 4.26. The zero-order valence-electron chi connectivity index (χ0n) is 15.3. The van der Waals surface area contributed by atoms with Crippen LogP contribution in [0, 0.1) is 5.92 Å². The number of nitrogens with two attached hydrogens (primary N) is 1. The van der Waals surface area contributed by atoms with Crippen molar-refractivity contribution in [2.75, 3.05) is 13.1 Å². The lowest BCUT2D eigenvalue weighted by atomic mass is 9.96. The van der Waals surface area contributed by atoms with E-state index in [2.05, 4.69) is 10.2 Å². The Balaban J connectivity index is 1.66. The smallest absolute Gasteiger partial charge is 0.235 e. The molecule has 2 heterocycles. The maximum Gasteiger partial charge on any atom is 0.235 e. The number of thioether (sulfide) groups is 1. The van der Waals surface area contributed by atoms with Gasteiger partial charge in [-0.1, -0.05) is 35.5 Å². The van der Waals surface area contributed by atoms with Gasteiger partial charge in [0, 0.05) is 31.6 Å². The summed E-state index contributed by atoms with van der Waals surface area (Å²) in [4.78, 5) is 25.8. The average molecular weight is 408 g/mol. The molecule has 1 saturated heterocycles. The highest BCUT2D eigenvalue weighted by molar-refractivity contribution is 8.00. The molecule has 1 fully saturated rings. The molecule has 7 nitrogen and oxygen atoms in total. The highest BCUT2D eigenvalue weighted by atomic mass is 35.5. The van der Waals surface area contributed by atoms with Crippen LogP contribution in [-0.2, 0) is 16.6 Å². The molecular weight excluding hydrogens is 386 g/mol. The summed E-state index contributed by atoms with van der Waals surface area (Å²) in [6.07, 6.45) is 1.25. The molecule has 1 aromatic heterocycles. The summed E-state index contributed by atoms with van der Waals surface area (Å²) in [6.45, 7) is 2.97. The minimum absolute atomic E-state index is 0.0326. The van der Waals surface area contributed by atoms with Crippen molar-refractivity contribution in [2.45, 2.75) is 30.2 Å². The summed E-state index contributed by atoms with van der Waals surface area (Å²) in [6, 6.07) is 7.45. The van der Waals surface area contributed by atoms with Gasteiger partial charge in [0.25, 0.3) is 0 Å². The van der Waals surface area contributed by atoms with Crippen molar-refractivity contribution in [1.82, 2.24) is 19.7 Å². The Labute approximate surface area is 167 Å². The minimum atomic E-state index is -0.308. The molecule has 1 aliphatic rings. The van der Waals surface area contributed by atoms with E-state index in [0.717, 1.165) is 5.56 Å². The Morgan fingerprint density at radius 3 is 2.56 bits per heavy atom. The molecule has 1 atom stereocenters. The van der Waals surface area contributed by atoms with Gasteiger partial charge in [0.2, 0.25) is 11.8 Å². The number of piperidine rings is 1. The van der Waals surface area contributed by atoms with Gasteiger partial charge in [-0.15, -0.1) is 10.2 Å². The van der Waals surface area contributed by atoms with E-state index in [1.807, 2.05) is 36.7 Å². The van der Waals surface area contributed by atoms with Crippen LogP contribution in [0.5, 0.6) is 0 Å². The van der Waals surface area contributed by atoms with Crippen molar-refractivity contribution in [3.05, 3.63) is 29.3 Å². The molecule has 1 aromatic carbocycles. The molecule has 27 heavy (non-hydrogen) atoms. The molecule has 2 aromatic rings. The summed E-state index contributed by atoms with van der Waals surface area (Å²) in [5.74, 6) is 0.278. The molecule has 0 saturated carbocycles. The van der Waals surface area contributed by atoms with Crippen LogP contribution in [-0.4, -0.2) is 49.8 Å². The SMILES string of the molecule is CC(Sc1nnc(-c2ccccc2Cl)n1C)C(=O)N1CCC(C(N)=O)CC1. The molecule has 1 aliphatic heterocycles. The van der Waals surface area contributed by atoms with Gasteiger partial charge in [0.15, 0.2) is 11.0 Å². The number of primary amides is 1. The quantitative estimate of drug-likeness (QED) is 0.767. The molecule has 0 radical (unpaired) electrons. The molecule has 2 N–H and O–H groups in total. The second kappa shape index (κ2) is 8.31. The second-order valence-electron chi connectivity index (χ2n) is 6.61. The number of rotatable bonds is 5. The lowest BCUT2D eigenvalue weighted by Gasteiger charge is -2.32. The van der Waals surface area contributed by atoms with Gasteiger partial charge in [-0.05, 0) is 31.9 Å². The number of carbonyl (C=O) groups is 2. The lowest BCUT2D eigenvalue weighted by Crippen LogP contribution is -2.44. The second-order valence-corrected chi connectivity index (χ2v) is 8.32. The largest absolute Gasteiger partial charge is 0.369 e. The van der Waals surface area contributed by atoms with Crippen LogP contribution in [0.3, 0.4) is 0 Å². The van der Waals surface area contributed by atoms with E-state index in [9.17, 15) is 9.59 Å². The molecule has 2 amide bonds. The molecule has 1 unspecified atom stereocenters. The van der Waals surface area contributed by atoms with Crippen LogP contribution >= 0.6 is 23.4 Å². The minimum Gasteiger partial charge on any atom is -0.369 e. The van der Waals surface area contributed by atoms with Crippen LogP contribution in [0.15, 0.2) is 29.4 Å². The summed E-state index contributed by atoms with van der Waals surface area (Å²) in [5, 5.41) is 9.40. The summed E-state index contributed by atoms with van der Waals surface area (Å²) >= 11 is 7.61. The summed E-state index contributed by atoms with van der Waals surface area (Å²) in [5.41, 5.74) is 6.15. The molecule has 0 aliphatic carbocycles. The number of halogens is 1.